The van der Waals surface area contributed by atoms with E-state index in [2.05, 4.69) is 11.4 Å². The molecule has 18 heavy (non-hydrogen) atoms. The van der Waals surface area contributed by atoms with Gasteiger partial charge >= 0.3 is 0 Å². The topological polar surface area (TPSA) is 64.3 Å². The van der Waals surface area contributed by atoms with Gasteiger partial charge in [0.25, 0.3) is 5.91 Å². The maximum absolute atomic E-state index is 11.3. The van der Waals surface area contributed by atoms with Crippen LogP contribution in [0, 0.1) is 0 Å². The molecule has 4 nitrogen and oxygen atoms in total. The van der Waals surface area contributed by atoms with Gasteiger partial charge in [0.05, 0.1) is 5.69 Å². The van der Waals surface area contributed by atoms with Crippen LogP contribution in [-0.2, 0) is 10.2 Å². The van der Waals surface area contributed by atoms with Gasteiger partial charge in [0.15, 0.2) is 6.61 Å². The van der Waals surface area contributed by atoms with E-state index < -0.39 is 0 Å². The number of hydrogen-bond acceptors (Lipinski definition) is 3. The van der Waals surface area contributed by atoms with E-state index in [-0.39, 0.29) is 17.9 Å². The normalized spacial score (nSPS) is 21.1. The summed E-state index contributed by atoms with van der Waals surface area (Å²) in [4.78, 5) is 11.3. The van der Waals surface area contributed by atoms with Crippen LogP contribution in [0.2, 0.25) is 0 Å². The third kappa shape index (κ3) is 1.68. The van der Waals surface area contributed by atoms with Crippen LogP contribution in [0.15, 0.2) is 18.2 Å². The van der Waals surface area contributed by atoms with Crippen molar-refractivity contribution in [3.05, 3.63) is 23.8 Å². The highest BCUT2D eigenvalue weighted by molar-refractivity contribution is 5.95. The van der Waals surface area contributed by atoms with Crippen molar-refractivity contribution in [1.82, 2.24) is 0 Å². The molecule has 0 aromatic heterocycles. The van der Waals surface area contributed by atoms with Gasteiger partial charge in [-0.3, -0.25) is 4.79 Å². The Bertz CT molecular complexity index is 479. The molecule has 0 bridgehead atoms. The minimum atomic E-state index is -0.0899. The van der Waals surface area contributed by atoms with E-state index in [0.29, 0.717) is 6.54 Å². The Hall–Kier alpha value is -1.55. The van der Waals surface area contributed by atoms with Crippen molar-refractivity contribution in [2.45, 2.75) is 31.1 Å². The summed E-state index contributed by atoms with van der Waals surface area (Å²) in [6.07, 6.45) is 4.65. The minimum absolute atomic E-state index is 0.0351. The molecule has 0 atom stereocenters. The Balaban J connectivity index is 2.07. The van der Waals surface area contributed by atoms with Gasteiger partial charge in [0.1, 0.15) is 5.75 Å². The second-order valence-corrected chi connectivity index (χ2v) is 5.21. The summed E-state index contributed by atoms with van der Waals surface area (Å²) in [6, 6.07) is 5.95. The molecule has 3 N–H and O–H groups in total. The van der Waals surface area contributed by atoms with Crippen molar-refractivity contribution < 1.29 is 9.53 Å². The number of anilines is 1. The van der Waals surface area contributed by atoms with Gasteiger partial charge in [-0.25, -0.2) is 0 Å². The number of nitrogens with two attached hydrogens (primary N) is 1. The van der Waals surface area contributed by atoms with E-state index >= 15 is 0 Å². The van der Waals surface area contributed by atoms with Crippen LogP contribution >= 0.6 is 0 Å². The molecule has 1 aromatic rings. The van der Waals surface area contributed by atoms with Crippen molar-refractivity contribution in [2.75, 3.05) is 18.5 Å². The number of hydrogen-bond donors (Lipinski definition) is 2. The van der Waals surface area contributed by atoms with E-state index in [4.69, 9.17) is 10.5 Å². The number of benzene rings is 1. The zero-order valence-corrected chi connectivity index (χ0v) is 10.4. The average Bonchev–Trinajstić information content (AvgIpc) is 2.87. The monoisotopic (exact) mass is 246 g/mol. The highest BCUT2D eigenvalue weighted by Gasteiger charge is 2.38. The molecule has 1 amide bonds. The van der Waals surface area contributed by atoms with Gasteiger partial charge in [-0.1, -0.05) is 25.0 Å². The molecule has 4 heteroatoms. The third-order valence-electron chi connectivity index (χ3n) is 4.16. The molecule has 0 unspecified atom stereocenters. The summed E-state index contributed by atoms with van der Waals surface area (Å²) in [5, 5.41) is 2.86. The van der Waals surface area contributed by atoms with Gasteiger partial charge in [-0.05, 0) is 18.9 Å². The molecule has 3 rings (SSSR count). The predicted octanol–water partition coefficient (Wildman–Crippen LogP) is 1.79. The zero-order chi connectivity index (χ0) is 12.6. The highest BCUT2D eigenvalue weighted by atomic mass is 16.5. The molecule has 2 aliphatic rings. The molecule has 1 aliphatic heterocycles. The number of carbonyl (C=O) groups excluding carboxylic acids is 1. The second-order valence-electron chi connectivity index (χ2n) is 5.21. The Morgan fingerprint density at radius 2 is 2.11 bits per heavy atom. The Kier molecular flexibility index (Phi) is 2.74. The zero-order valence-electron chi connectivity index (χ0n) is 10.4. The number of amides is 1. The van der Waals surface area contributed by atoms with E-state index in [1.54, 1.807) is 0 Å². The van der Waals surface area contributed by atoms with Crippen LogP contribution < -0.4 is 15.8 Å². The molecule has 0 spiro atoms. The lowest BCUT2D eigenvalue weighted by Gasteiger charge is -2.32. The standard InChI is InChI=1S/C14H18N2O2/c15-9-14(6-1-2-7-14)10-4-3-5-11-13(10)18-8-12(17)16-11/h3-5H,1-2,6-9,15H2,(H,16,17). The summed E-state index contributed by atoms with van der Waals surface area (Å²) in [5.74, 6) is 0.734. The number of carbonyl (C=O) groups is 1. The second kappa shape index (κ2) is 4.28. The van der Waals surface area contributed by atoms with Gasteiger partial charge < -0.3 is 15.8 Å². The van der Waals surface area contributed by atoms with E-state index in [0.717, 1.165) is 24.3 Å². The van der Waals surface area contributed by atoms with Crippen LogP contribution in [0.1, 0.15) is 31.2 Å². The maximum Gasteiger partial charge on any atom is 0.262 e. The van der Waals surface area contributed by atoms with Crippen LogP contribution in [0.5, 0.6) is 5.75 Å². The maximum atomic E-state index is 11.3. The quantitative estimate of drug-likeness (QED) is 0.836. The van der Waals surface area contributed by atoms with Crippen LogP contribution in [-0.4, -0.2) is 19.1 Å². The molecule has 1 aliphatic carbocycles. The number of fused-ring (bicyclic) bond motifs is 1. The fraction of sp³-hybridized carbons (Fsp3) is 0.500. The molecule has 1 heterocycles. The lowest BCUT2D eigenvalue weighted by Crippen LogP contribution is -2.34. The Morgan fingerprint density at radius 1 is 1.33 bits per heavy atom. The Morgan fingerprint density at radius 3 is 2.83 bits per heavy atom. The number of nitrogens with one attached hydrogen (secondary N) is 1. The van der Waals surface area contributed by atoms with Crippen LogP contribution in [0.4, 0.5) is 5.69 Å². The SMILES string of the molecule is NCC1(c2cccc3c2OCC(=O)N3)CCCC1. The van der Waals surface area contributed by atoms with Gasteiger partial charge in [-0.15, -0.1) is 0 Å². The fourth-order valence-corrected chi connectivity index (χ4v) is 3.17. The molecule has 0 radical (unpaired) electrons. The summed E-state index contributed by atoms with van der Waals surface area (Å²) in [5.41, 5.74) is 8.00. The highest BCUT2D eigenvalue weighted by Crippen LogP contribution is 2.46. The van der Waals surface area contributed by atoms with Crippen LogP contribution in [0.3, 0.4) is 0 Å². The van der Waals surface area contributed by atoms with Crippen molar-refractivity contribution in [2.24, 2.45) is 5.73 Å². The summed E-state index contributed by atoms with van der Waals surface area (Å²) < 4.78 is 5.64. The Labute approximate surface area is 107 Å². The molecular weight excluding hydrogens is 228 g/mol. The molecular formula is C14H18N2O2. The average molecular weight is 246 g/mol. The lowest BCUT2D eigenvalue weighted by atomic mass is 9.78. The first-order valence-electron chi connectivity index (χ1n) is 6.51. The lowest BCUT2D eigenvalue weighted by molar-refractivity contribution is -0.118. The van der Waals surface area contributed by atoms with E-state index in [1.807, 2.05) is 12.1 Å². The molecule has 1 aromatic carbocycles. The van der Waals surface area contributed by atoms with E-state index in [9.17, 15) is 4.79 Å². The van der Waals surface area contributed by atoms with Gasteiger partial charge in [0, 0.05) is 17.5 Å². The largest absolute Gasteiger partial charge is 0.481 e. The molecule has 1 saturated carbocycles. The molecule has 0 saturated heterocycles. The first-order valence-corrected chi connectivity index (χ1v) is 6.51. The summed E-state index contributed by atoms with van der Waals surface area (Å²) in [7, 11) is 0. The first-order chi connectivity index (χ1) is 8.75. The number of rotatable bonds is 2. The summed E-state index contributed by atoms with van der Waals surface area (Å²) in [6.45, 7) is 0.741. The van der Waals surface area contributed by atoms with Crippen molar-refractivity contribution in [1.29, 1.82) is 0 Å². The smallest absolute Gasteiger partial charge is 0.262 e. The minimum Gasteiger partial charge on any atom is -0.481 e. The van der Waals surface area contributed by atoms with Crippen LogP contribution in [0.25, 0.3) is 0 Å². The molecule has 96 valence electrons. The van der Waals surface area contributed by atoms with Crippen molar-refractivity contribution in [3.8, 4) is 5.75 Å². The summed E-state index contributed by atoms with van der Waals surface area (Å²) >= 11 is 0. The van der Waals surface area contributed by atoms with E-state index in [1.165, 1.54) is 18.4 Å². The first kappa shape index (κ1) is 11.5. The van der Waals surface area contributed by atoms with Gasteiger partial charge in [0.2, 0.25) is 0 Å². The van der Waals surface area contributed by atoms with Crippen molar-refractivity contribution in [3.63, 3.8) is 0 Å². The van der Waals surface area contributed by atoms with Crippen molar-refractivity contribution >= 4 is 11.6 Å². The number of para-hydroxylation sites is 1. The third-order valence-corrected chi connectivity index (χ3v) is 4.16. The van der Waals surface area contributed by atoms with Gasteiger partial charge in [-0.2, -0.15) is 0 Å². The predicted molar refractivity (Wildman–Crippen MR) is 69.8 cm³/mol. The fourth-order valence-electron chi connectivity index (χ4n) is 3.17. The molecule has 1 fully saturated rings. The number of ether oxygens (including phenoxy) is 1.